The molecule has 7 nitrogen and oxygen atoms in total. The van der Waals surface area contributed by atoms with Crippen molar-refractivity contribution in [3.05, 3.63) is 98.4 Å². The first-order chi connectivity index (χ1) is 18.0. The molecule has 1 atom stereocenters. The highest BCUT2D eigenvalue weighted by Crippen LogP contribution is 2.44. The number of carbonyl (C=O) groups excluding carboxylic acids is 2. The lowest BCUT2D eigenvalue weighted by molar-refractivity contribution is -0.117. The molecule has 0 fully saturated rings. The van der Waals surface area contributed by atoms with Gasteiger partial charge in [-0.3, -0.25) is 14.5 Å². The number of aliphatic hydroxyl groups excluding tert-OH is 1. The van der Waals surface area contributed by atoms with Crippen LogP contribution in [0.25, 0.3) is 0 Å². The summed E-state index contributed by atoms with van der Waals surface area (Å²) in [5.74, 6) is -0.450. The molecule has 0 unspecified atom stereocenters. The van der Waals surface area contributed by atoms with Gasteiger partial charge in [0.2, 0.25) is 10.9 Å². The molecule has 1 N–H and O–H groups in total. The smallest absolute Gasteiger partial charge is 0.296 e. The Hall–Kier alpha value is -3.18. The van der Waals surface area contributed by atoms with Gasteiger partial charge in [0.1, 0.15) is 5.75 Å². The van der Waals surface area contributed by atoms with Crippen molar-refractivity contribution >= 4 is 62.9 Å². The van der Waals surface area contributed by atoms with E-state index in [0.29, 0.717) is 37.9 Å². The van der Waals surface area contributed by atoms with Crippen molar-refractivity contribution in [3.63, 3.8) is 0 Å². The average Bonchev–Trinajstić information content (AvgIpc) is 3.65. The summed E-state index contributed by atoms with van der Waals surface area (Å²) in [5.41, 5.74) is 1.69. The van der Waals surface area contributed by atoms with Gasteiger partial charge in [-0.2, -0.15) is 0 Å². The quantitative estimate of drug-likeness (QED) is 0.136. The maximum atomic E-state index is 13.5. The zero-order chi connectivity index (χ0) is 25.9. The predicted molar refractivity (Wildman–Crippen MR) is 147 cm³/mol. The molecule has 4 aromatic rings. The van der Waals surface area contributed by atoms with Gasteiger partial charge in [0.25, 0.3) is 5.91 Å². The third kappa shape index (κ3) is 5.28. The van der Waals surface area contributed by atoms with Crippen LogP contribution in [0.2, 0.25) is 5.02 Å². The molecular formula is C26H20ClN3O4S3. The molecule has 0 bridgehead atoms. The SMILES string of the molecule is CCOc1cccc([C@@H]2C(C(=O)c3cccs3)=C(O)C(=O)N2c2nnc(SCc3ccc(Cl)cc3)s2)c1. The predicted octanol–water partition coefficient (Wildman–Crippen LogP) is 6.73. The maximum absolute atomic E-state index is 13.5. The van der Waals surface area contributed by atoms with Gasteiger partial charge in [-0.15, -0.1) is 21.5 Å². The Morgan fingerprint density at radius 2 is 1.97 bits per heavy atom. The van der Waals surface area contributed by atoms with Gasteiger partial charge in [0.15, 0.2) is 10.1 Å². The van der Waals surface area contributed by atoms with Gasteiger partial charge in [-0.25, -0.2) is 0 Å². The minimum Gasteiger partial charge on any atom is -0.503 e. The number of aromatic nitrogens is 2. The number of rotatable bonds is 9. The number of hydrogen-bond donors (Lipinski definition) is 1. The topological polar surface area (TPSA) is 92.6 Å². The van der Waals surface area contributed by atoms with E-state index in [9.17, 15) is 14.7 Å². The summed E-state index contributed by atoms with van der Waals surface area (Å²) in [6.45, 7) is 2.34. The van der Waals surface area contributed by atoms with Crippen LogP contribution in [0.3, 0.4) is 0 Å². The van der Waals surface area contributed by atoms with E-state index in [1.807, 2.05) is 31.2 Å². The van der Waals surface area contributed by atoms with E-state index >= 15 is 0 Å². The highest BCUT2D eigenvalue weighted by Gasteiger charge is 2.46. The van der Waals surface area contributed by atoms with Gasteiger partial charge in [-0.05, 0) is 53.8 Å². The highest BCUT2D eigenvalue weighted by atomic mass is 35.5. The Morgan fingerprint density at radius 3 is 2.70 bits per heavy atom. The number of halogens is 1. The third-order valence-electron chi connectivity index (χ3n) is 5.56. The molecule has 1 amide bonds. The Kier molecular flexibility index (Phi) is 7.61. The summed E-state index contributed by atoms with van der Waals surface area (Å²) in [5, 5.41) is 22.2. The number of ether oxygens (including phenoxy) is 1. The number of aliphatic hydroxyl groups is 1. The van der Waals surface area contributed by atoms with Crippen LogP contribution < -0.4 is 9.64 Å². The van der Waals surface area contributed by atoms with Crippen LogP contribution in [-0.4, -0.2) is 33.6 Å². The molecule has 1 aliphatic heterocycles. The minimum atomic E-state index is -0.885. The van der Waals surface area contributed by atoms with Crippen molar-refractivity contribution < 1.29 is 19.4 Å². The summed E-state index contributed by atoms with van der Waals surface area (Å²) >= 11 is 9.92. The van der Waals surface area contributed by atoms with Crippen LogP contribution in [0.4, 0.5) is 5.13 Å². The zero-order valence-corrected chi connectivity index (χ0v) is 22.7. The molecule has 0 spiro atoms. The molecule has 188 valence electrons. The number of thioether (sulfide) groups is 1. The molecule has 0 saturated heterocycles. The first-order valence-corrected chi connectivity index (χ1v) is 14.3. The van der Waals surface area contributed by atoms with E-state index < -0.39 is 23.5 Å². The summed E-state index contributed by atoms with van der Waals surface area (Å²) in [7, 11) is 0. The molecule has 3 heterocycles. The van der Waals surface area contributed by atoms with Gasteiger partial charge in [-0.1, -0.05) is 65.0 Å². The lowest BCUT2D eigenvalue weighted by atomic mass is 9.95. The monoisotopic (exact) mass is 569 g/mol. The highest BCUT2D eigenvalue weighted by molar-refractivity contribution is 8.00. The Bertz CT molecular complexity index is 1470. The first-order valence-electron chi connectivity index (χ1n) is 11.2. The van der Waals surface area contributed by atoms with Crippen molar-refractivity contribution in [3.8, 4) is 5.75 Å². The van der Waals surface area contributed by atoms with Crippen molar-refractivity contribution in [1.82, 2.24) is 10.2 Å². The molecular weight excluding hydrogens is 550 g/mol. The number of nitrogens with zero attached hydrogens (tertiary/aromatic N) is 3. The molecule has 0 radical (unpaired) electrons. The van der Waals surface area contributed by atoms with Crippen LogP contribution in [0.5, 0.6) is 5.75 Å². The van der Waals surface area contributed by atoms with Gasteiger partial charge < -0.3 is 9.84 Å². The number of amides is 1. The fraction of sp³-hybridized carbons (Fsp3) is 0.154. The summed E-state index contributed by atoms with van der Waals surface area (Å²) in [6.07, 6.45) is 0. The van der Waals surface area contributed by atoms with Crippen molar-refractivity contribution in [1.29, 1.82) is 0 Å². The second-order valence-corrected chi connectivity index (χ2v) is 11.5. The van der Waals surface area contributed by atoms with Gasteiger partial charge in [0.05, 0.1) is 23.1 Å². The molecule has 11 heteroatoms. The maximum Gasteiger partial charge on any atom is 0.296 e. The average molecular weight is 570 g/mol. The lowest BCUT2D eigenvalue weighted by Gasteiger charge is -2.24. The molecule has 37 heavy (non-hydrogen) atoms. The standard InChI is InChI=1S/C26H20ClN3O4S3/c1-2-34-18-6-3-5-16(13-18)21-20(22(31)19-7-4-12-35-19)23(32)24(33)30(21)25-28-29-26(37-25)36-14-15-8-10-17(27)11-9-15/h3-13,21,32H,2,14H2,1H3/t21-/m1/s1. The van der Waals surface area contributed by atoms with E-state index in [0.717, 1.165) is 5.56 Å². The number of anilines is 1. The summed E-state index contributed by atoms with van der Waals surface area (Å²) in [4.78, 5) is 28.6. The normalized spacial score (nSPS) is 15.5. The Morgan fingerprint density at radius 1 is 1.16 bits per heavy atom. The number of hydrogen-bond acceptors (Lipinski definition) is 9. The van der Waals surface area contributed by atoms with Crippen LogP contribution >= 0.6 is 46.0 Å². The lowest BCUT2D eigenvalue weighted by Crippen LogP contribution is -2.31. The number of carbonyl (C=O) groups is 2. The molecule has 0 aliphatic carbocycles. The number of ketones is 1. The van der Waals surface area contributed by atoms with Gasteiger partial charge in [0, 0.05) is 10.8 Å². The number of thiophene rings is 1. The van der Waals surface area contributed by atoms with Crippen LogP contribution in [-0.2, 0) is 10.5 Å². The molecule has 5 rings (SSSR count). The molecule has 2 aromatic carbocycles. The third-order valence-corrected chi connectivity index (χ3v) is 8.81. The van der Waals surface area contributed by atoms with Gasteiger partial charge >= 0.3 is 0 Å². The largest absolute Gasteiger partial charge is 0.503 e. The van der Waals surface area contributed by atoms with E-state index in [2.05, 4.69) is 10.2 Å². The van der Waals surface area contributed by atoms with Crippen molar-refractivity contribution in [2.75, 3.05) is 11.5 Å². The molecule has 1 aliphatic rings. The van der Waals surface area contributed by atoms with Crippen LogP contribution in [0.15, 0.2) is 81.7 Å². The van der Waals surface area contributed by atoms with E-state index in [1.165, 1.54) is 39.3 Å². The number of Topliss-reactive ketones (excluding diaryl/α,β-unsaturated/α-hetero) is 1. The minimum absolute atomic E-state index is 0.00617. The first kappa shape index (κ1) is 25.5. The van der Waals surface area contributed by atoms with Crippen molar-refractivity contribution in [2.24, 2.45) is 0 Å². The van der Waals surface area contributed by atoms with Crippen molar-refractivity contribution in [2.45, 2.75) is 23.1 Å². The van der Waals surface area contributed by atoms with E-state index in [-0.39, 0.29) is 10.7 Å². The fourth-order valence-corrected chi connectivity index (χ4v) is 6.54. The second kappa shape index (κ2) is 11.1. The van der Waals surface area contributed by atoms with E-state index in [4.69, 9.17) is 16.3 Å². The molecule has 2 aromatic heterocycles. The molecule has 0 saturated carbocycles. The Labute approximate surface area is 230 Å². The Balaban J connectivity index is 1.49. The van der Waals surface area contributed by atoms with E-state index in [1.54, 1.807) is 41.8 Å². The number of benzene rings is 2. The second-order valence-electron chi connectivity index (χ2n) is 7.92. The van der Waals surface area contributed by atoms with Crippen LogP contribution in [0, 0.1) is 0 Å². The summed E-state index contributed by atoms with van der Waals surface area (Å²) in [6, 6.07) is 17.2. The zero-order valence-electron chi connectivity index (χ0n) is 19.5. The fourth-order valence-electron chi connectivity index (χ4n) is 3.92. The van der Waals surface area contributed by atoms with Crippen LogP contribution in [0.1, 0.15) is 33.8 Å². The summed E-state index contributed by atoms with van der Waals surface area (Å²) < 4.78 is 6.30.